The molecular weight excluding hydrogens is 274 g/mol. The Morgan fingerprint density at radius 2 is 2.50 bits per heavy atom. The van der Waals surface area contributed by atoms with E-state index in [1.165, 1.54) is 0 Å². The fraction of sp³-hybridized carbons (Fsp3) is 0.556. The molecule has 0 bridgehead atoms. The first-order chi connectivity index (χ1) is 7.76. The Balaban J connectivity index is 2.31. The molecule has 0 radical (unpaired) electrons. The van der Waals surface area contributed by atoms with Crippen molar-refractivity contribution in [2.75, 3.05) is 23.5 Å². The topological polar surface area (TPSA) is 87.3 Å². The minimum atomic E-state index is 0.136. The number of nitrogens with zero attached hydrogens (tertiary/aromatic N) is 3. The van der Waals surface area contributed by atoms with E-state index in [9.17, 15) is 5.11 Å². The van der Waals surface area contributed by atoms with Gasteiger partial charge in [-0.15, -0.1) is 0 Å². The van der Waals surface area contributed by atoms with E-state index in [2.05, 4.69) is 36.2 Å². The van der Waals surface area contributed by atoms with Crippen LogP contribution in [0.3, 0.4) is 0 Å². The number of hydrogen-bond acceptors (Lipinski definition) is 6. The van der Waals surface area contributed by atoms with E-state index in [1.54, 1.807) is 6.20 Å². The van der Waals surface area contributed by atoms with Crippen LogP contribution in [0.1, 0.15) is 12.8 Å². The van der Waals surface area contributed by atoms with Crippen molar-refractivity contribution in [2.24, 2.45) is 5.84 Å². The van der Waals surface area contributed by atoms with Gasteiger partial charge in [0, 0.05) is 12.7 Å². The average molecular weight is 288 g/mol. The van der Waals surface area contributed by atoms with Crippen LogP contribution < -0.4 is 16.2 Å². The predicted octanol–water partition coefficient (Wildman–Crippen LogP) is 0.486. The number of nitrogens with one attached hydrogen (secondary N) is 1. The lowest BCUT2D eigenvalue weighted by molar-refractivity contribution is 0.266. The third-order valence-corrected chi connectivity index (χ3v) is 3.27. The van der Waals surface area contributed by atoms with Crippen LogP contribution in [-0.4, -0.2) is 34.3 Å². The summed E-state index contributed by atoms with van der Waals surface area (Å²) in [5.41, 5.74) is 2.42. The zero-order valence-corrected chi connectivity index (χ0v) is 10.3. The highest BCUT2D eigenvalue weighted by Crippen LogP contribution is 2.30. The maximum Gasteiger partial charge on any atom is 0.239 e. The molecule has 0 aromatic carbocycles. The number of aliphatic hydroxyl groups is 1. The predicted molar refractivity (Wildman–Crippen MR) is 65.0 cm³/mol. The molecule has 1 aromatic heterocycles. The molecule has 0 aliphatic carbocycles. The Labute approximate surface area is 102 Å². The van der Waals surface area contributed by atoms with Gasteiger partial charge in [-0.1, -0.05) is 0 Å². The van der Waals surface area contributed by atoms with E-state index >= 15 is 0 Å². The van der Waals surface area contributed by atoms with Crippen LogP contribution in [0.15, 0.2) is 10.7 Å². The summed E-state index contributed by atoms with van der Waals surface area (Å²) in [6.45, 7) is 1.03. The van der Waals surface area contributed by atoms with E-state index in [1.807, 2.05) is 0 Å². The lowest BCUT2D eigenvalue weighted by Gasteiger charge is -2.25. The highest BCUT2D eigenvalue weighted by Gasteiger charge is 2.26. The van der Waals surface area contributed by atoms with Gasteiger partial charge in [-0.25, -0.2) is 10.8 Å². The fourth-order valence-corrected chi connectivity index (χ4v) is 2.35. The molecule has 4 N–H and O–H groups in total. The first kappa shape index (κ1) is 11.6. The zero-order chi connectivity index (χ0) is 11.5. The van der Waals surface area contributed by atoms with Crippen LogP contribution in [0.2, 0.25) is 0 Å². The van der Waals surface area contributed by atoms with E-state index in [0.29, 0.717) is 5.95 Å². The molecule has 1 unspecified atom stereocenters. The molecule has 16 heavy (non-hydrogen) atoms. The summed E-state index contributed by atoms with van der Waals surface area (Å²) in [6, 6.07) is 0.136. The Kier molecular flexibility index (Phi) is 3.57. The van der Waals surface area contributed by atoms with Gasteiger partial charge in [-0.05, 0) is 28.8 Å². The summed E-state index contributed by atoms with van der Waals surface area (Å²) in [7, 11) is 0. The summed E-state index contributed by atoms with van der Waals surface area (Å²) < 4.78 is 0.812. The Hall–Kier alpha value is -0.920. The van der Waals surface area contributed by atoms with Gasteiger partial charge in [-0.3, -0.25) is 5.43 Å². The second kappa shape index (κ2) is 4.94. The van der Waals surface area contributed by atoms with Crippen molar-refractivity contribution in [3.8, 4) is 0 Å². The number of hydrazine groups is 1. The molecular formula is C9H14BrN5O. The van der Waals surface area contributed by atoms with Crippen molar-refractivity contribution in [2.45, 2.75) is 18.9 Å². The maximum atomic E-state index is 9.27. The molecule has 0 amide bonds. The Morgan fingerprint density at radius 1 is 1.69 bits per heavy atom. The van der Waals surface area contributed by atoms with Crippen LogP contribution in [0.5, 0.6) is 0 Å². The molecule has 1 fully saturated rings. The lowest BCUT2D eigenvalue weighted by atomic mass is 10.2. The number of anilines is 2. The molecule has 2 heterocycles. The molecule has 1 aromatic rings. The van der Waals surface area contributed by atoms with Crippen LogP contribution in [0, 0.1) is 0 Å². The molecule has 0 saturated carbocycles. The minimum absolute atomic E-state index is 0.136. The molecule has 88 valence electrons. The van der Waals surface area contributed by atoms with Gasteiger partial charge < -0.3 is 10.0 Å². The van der Waals surface area contributed by atoms with Crippen molar-refractivity contribution in [1.29, 1.82) is 0 Å². The second-order valence-electron chi connectivity index (χ2n) is 3.68. The Bertz CT molecular complexity index is 375. The van der Waals surface area contributed by atoms with Gasteiger partial charge in [0.25, 0.3) is 0 Å². The Morgan fingerprint density at radius 3 is 3.19 bits per heavy atom. The minimum Gasteiger partial charge on any atom is -0.394 e. The van der Waals surface area contributed by atoms with Crippen LogP contribution in [0.4, 0.5) is 11.8 Å². The smallest absolute Gasteiger partial charge is 0.239 e. The normalized spacial score (nSPS) is 20.2. The van der Waals surface area contributed by atoms with Gasteiger partial charge >= 0.3 is 0 Å². The molecule has 7 heteroatoms. The fourth-order valence-electron chi connectivity index (χ4n) is 1.93. The monoisotopic (exact) mass is 287 g/mol. The lowest BCUT2D eigenvalue weighted by Crippen LogP contribution is -2.33. The third-order valence-electron chi connectivity index (χ3n) is 2.71. The molecule has 1 aliphatic rings. The number of nitrogens with two attached hydrogens (primary N) is 1. The summed E-state index contributed by atoms with van der Waals surface area (Å²) >= 11 is 3.41. The highest BCUT2D eigenvalue weighted by molar-refractivity contribution is 9.10. The first-order valence-electron chi connectivity index (χ1n) is 5.13. The van der Waals surface area contributed by atoms with Gasteiger partial charge in [0.05, 0.1) is 17.1 Å². The molecule has 1 atom stereocenters. The molecule has 1 aliphatic heterocycles. The summed E-state index contributed by atoms with van der Waals surface area (Å²) in [4.78, 5) is 10.4. The number of aliphatic hydroxyl groups excluding tert-OH is 1. The first-order valence-corrected chi connectivity index (χ1v) is 5.92. The summed E-state index contributed by atoms with van der Waals surface area (Å²) in [5.74, 6) is 6.43. The largest absolute Gasteiger partial charge is 0.394 e. The number of aromatic nitrogens is 2. The molecule has 6 nitrogen and oxygen atoms in total. The van der Waals surface area contributed by atoms with Crippen molar-refractivity contribution in [1.82, 2.24) is 9.97 Å². The standard InChI is InChI=1S/C9H14BrN5O/c10-7-4-12-9(14-11)13-8(7)15-3-1-2-6(15)5-16/h4,6,16H,1-3,5,11H2,(H,12,13,14). The van der Waals surface area contributed by atoms with E-state index in [0.717, 1.165) is 29.7 Å². The summed E-state index contributed by atoms with van der Waals surface area (Å²) in [5, 5.41) is 9.27. The average Bonchev–Trinajstić information content (AvgIpc) is 2.77. The van der Waals surface area contributed by atoms with E-state index in [4.69, 9.17) is 5.84 Å². The van der Waals surface area contributed by atoms with Gasteiger partial charge in [0.15, 0.2) is 0 Å². The van der Waals surface area contributed by atoms with Crippen molar-refractivity contribution < 1.29 is 5.11 Å². The van der Waals surface area contributed by atoms with Crippen LogP contribution in [-0.2, 0) is 0 Å². The zero-order valence-electron chi connectivity index (χ0n) is 8.73. The van der Waals surface area contributed by atoms with Crippen molar-refractivity contribution >= 4 is 27.7 Å². The maximum absolute atomic E-state index is 9.27. The van der Waals surface area contributed by atoms with Crippen LogP contribution >= 0.6 is 15.9 Å². The van der Waals surface area contributed by atoms with Gasteiger partial charge in [0.2, 0.25) is 5.95 Å². The van der Waals surface area contributed by atoms with Crippen molar-refractivity contribution in [3.05, 3.63) is 10.7 Å². The van der Waals surface area contributed by atoms with E-state index < -0.39 is 0 Å². The number of hydrogen-bond donors (Lipinski definition) is 3. The molecule has 0 spiro atoms. The van der Waals surface area contributed by atoms with E-state index in [-0.39, 0.29) is 12.6 Å². The number of nitrogen functional groups attached to an aromatic ring is 1. The molecule has 2 rings (SSSR count). The second-order valence-corrected chi connectivity index (χ2v) is 4.54. The number of rotatable bonds is 3. The summed E-state index contributed by atoms with van der Waals surface area (Å²) in [6.07, 6.45) is 3.70. The SMILES string of the molecule is NNc1ncc(Br)c(N2CCCC2CO)n1. The van der Waals surface area contributed by atoms with Crippen LogP contribution in [0.25, 0.3) is 0 Å². The third kappa shape index (κ3) is 2.11. The van der Waals surface area contributed by atoms with Gasteiger partial charge in [0.1, 0.15) is 5.82 Å². The van der Waals surface area contributed by atoms with Gasteiger partial charge in [-0.2, -0.15) is 4.98 Å². The highest BCUT2D eigenvalue weighted by atomic mass is 79.9. The quantitative estimate of drug-likeness (QED) is 0.554. The molecule has 1 saturated heterocycles. The number of halogens is 1. The van der Waals surface area contributed by atoms with Crippen molar-refractivity contribution in [3.63, 3.8) is 0 Å².